The summed E-state index contributed by atoms with van der Waals surface area (Å²) in [6.07, 6.45) is 7.04. The summed E-state index contributed by atoms with van der Waals surface area (Å²) in [5.74, 6) is 0.250. The van der Waals surface area contributed by atoms with Gasteiger partial charge in [-0.15, -0.1) is 0 Å². The van der Waals surface area contributed by atoms with Gasteiger partial charge in [-0.05, 0) is 37.2 Å². The fourth-order valence-electron chi connectivity index (χ4n) is 2.92. The normalized spacial score (nSPS) is 22.4. The third-order valence-corrected chi connectivity index (χ3v) is 4.36. The molecule has 1 saturated carbocycles. The molecule has 22 heavy (non-hydrogen) atoms. The Kier molecular flexibility index (Phi) is 5.23. The molecule has 1 aromatic carbocycles. The van der Waals surface area contributed by atoms with Gasteiger partial charge in [0.25, 0.3) is 0 Å². The molecule has 118 valence electrons. The Balaban J connectivity index is 1.76. The van der Waals surface area contributed by atoms with E-state index in [4.69, 9.17) is 4.74 Å². The summed E-state index contributed by atoms with van der Waals surface area (Å²) in [5, 5.41) is 0. The maximum atomic E-state index is 12.2. The van der Waals surface area contributed by atoms with Crippen LogP contribution in [-0.2, 0) is 16.0 Å². The Morgan fingerprint density at radius 3 is 2.50 bits per heavy atom. The molecule has 2 heteroatoms. The second-order valence-corrected chi connectivity index (χ2v) is 6.86. The summed E-state index contributed by atoms with van der Waals surface area (Å²) < 4.78 is 5.40. The summed E-state index contributed by atoms with van der Waals surface area (Å²) in [6.45, 7) is 8.77. The second kappa shape index (κ2) is 6.95. The molecule has 1 aliphatic rings. The van der Waals surface area contributed by atoms with Gasteiger partial charge < -0.3 is 4.74 Å². The number of rotatable bonds is 6. The van der Waals surface area contributed by atoms with Crippen molar-refractivity contribution in [3.8, 4) is 0 Å². The van der Waals surface area contributed by atoms with Crippen molar-refractivity contribution in [2.24, 2.45) is 17.3 Å². The van der Waals surface area contributed by atoms with Gasteiger partial charge in [-0.3, -0.25) is 4.79 Å². The largest absolute Gasteiger partial charge is 0.461 e. The van der Waals surface area contributed by atoms with E-state index in [2.05, 4.69) is 45.9 Å². The SMILES string of the molecule is CC(C)=CC1C(C(=O)OCC=CCc2ccccc2)C1(C)C. The van der Waals surface area contributed by atoms with E-state index in [1.165, 1.54) is 11.1 Å². The van der Waals surface area contributed by atoms with Crippen molar-refractivity contribution in [2.45, 2.75) is 34.1 Å². The summed E-state index contributed by atoms with van der Waals surface area (Å²) in [6, 6.07) is 10.2. The minimum Gasteiger partial charge on any atom is -0.461 e. The van der Waals surface area contributed by atoms with E-state index >= 15 is 0 Å². The molecule has 1 fully saturated rings. The monoisotopic (exact) mass is 298 g/mol. The third-order valence-electron chi connectivity index (χ3n) is 4.36. The number of carbonyl (C=O) groups is 1. The van der Waals surface area contributed by atoms with Crippen molar-refractivity contribution in [1.82, 2.24) is 0 Å². The van der Waals surface area contributed by atoms with Crippen LogP contribution in [0.15, 0.2) is 54.1 Å². The standard InChI is InChI=1S/C20H26O2/c1-15(2)14-17-18(20(17,3)4)19(21)22-13-9-8-12-16-10-6-5-7-11-16/h5-11,14,17-18H,12-13H2,1-4H3. The van der Waals surface area contributed by atoms with Gasteiger partial charge in [0.15, 0.2) is 0 Å². The van der Waals surface area contributed by atoms with Crippen LogP contribution in [0.2, 0.25) is 0 Å². The molecule has 2 unspecified atom stereocenters. The van der Waals surface area contributed by atoms with Crippen molar-refractivity contribution in [3.63, 3.8) is 0 Å². The zero-order chi connectivity index (χ0) is 16.2. The number of allylic oxidation sites excluding steroid dienone is 3. The molecule has 0 bridgehead atoms. The van der Waals surface area contributed by atoms with Crippen molar-refractivity contribution in [1.29, 1.82) is 0 Å². The van der Waals surface area contributed by atoms with E-state index in [0.717, 1.165) is 6.42 Å². The highest BCUT2D eigenvalue weighted by Crippen LogP contribution is 2.59. The lowest BCUT2D eigenvalue weighted by molar-refractivity contribution is -0.144. The summed E-state index contributed by atoms with van der Waals surface area (Å²) in [5.41, 5.74) is 2.55. The second-order valence-electron chi connectivity index (χ2n) is 6.86. The fourth-order valence-corrected chi connectivity index (χ4v) is 2.92. The number of hydrogen-bond acceptors (Lipinski definition) is 2. The summed E-state index contributed by atoms with van der Waals surface area (Å²) >= 11 is 0. The first kappa shape index (κ1) is 16.5. The molecule has 0 N–H and O–H groups in total. The Morgan fingerprint density at radius 1 is 1.18 bits per heavy atom. The minimum absolute atomic E-state index is 0.00456. The quantitative estimate of drug-likeness (QED) is 0.568. The maximum absolute atomic E-state index is 12.2. The van der Waals surface area contributed by atoms with E-state index < -0.39 is 0 Å². The van der Waals surface area contributed by atoms with Crippen LogP contribution in [0.1, 0.15) is 33.3 Å². The molecular weight excluding hydrogens is 272 g/mol. The number of benzene rings is 1. The van der Waals surface area contributed by atoms with Gasteiger partial charge in [-0.25, -0.2) is 0 Å². The maximum Gasteiger partial charge on any atom is 0.310 e. The van der Waals surface area contributed by atoms with Crippen molar-refractivity contribution >= 4 is 5.97 Å². The molecule has 0 heterocycles. The molecule has 0 spiro atoms. The van der Waals surface area contributed by atoms with Crippen LogP contribution in [0.4, 0.5) is 0 Å². The smallest absolute Gasteiger partial charge is 0.310 e. The average Bonchev–Trinajstić information content (AvgIpc) is 2.99. The van der Waals surface area contributed by atoms with Crippen LogP contribution in [0.25, 0.3) is 0 Å². The van der Waals surface area contributed by atoms with Crippen molar-refractivity contribution in [2.75, 3.05) is 6.61 Å². The molecule has 0 radical (unpaired) electrons. The predicted octanol–water partition coefficient (Wildman–Crippen LogP) is 4.57. The number of hydrogen-bond donors (Lipinski definition) is 0. The number of ether oxygens (including phenoxy) is 1. The zero-order valence-electron chi connectivity index (χ0n) is 14.0. The Bertz CT molecular complexity index is 563. The molecule has 1 aliphatic carbocycles. The van der Waals surface area contributed by atoms with E-state index in [-0.39, 0.29) is 17.3 Å². The van der Waals surface area contributed by atoms with Gasteiger partial charge in [0.2, 0.25) is 0 Å². The van der Waals surface area contributed by atoms with Gasteiger partial charge in [0, 0.05) is 0 Å². The summed E-state index contributed by atoms with van der Waals surface area (Å²) in [4.78, 5) is 12.2. The van der Waals surface area contributed by atoms with Gasteiger partial charge in [-0.2, -0.15) is 0 Å². The van der Waals surface area contributed by atoms with E-state index in [0.29, 0.717) is 12.5 Å². The lowest BCUT2D eigenvalue weighted by atomic mass is 10.1. The molecule has 0 saturated heterocycles. The highest BCUT2D eigenvalue weighted by Gasteiger charge is 2.61. The lowest BCUT2D eigenvalue weighted by Crippen LogP contribution is -2.10. The highest BCUT2D eigenvalue weighted by atomic mass is 16.5. The predicted molar refractivity (Wildman–Crippen MR) is 90.4 cm³/mol. The van der Waals surface area contributed by atoms with Gasteiger partial charge in [-0.1, -0.05) is 68.0 Å². The lowest BCUT2D eigenvalue weighted by Gasteiger charge is -2.02. The van der Waals surface area contributed by atoms with E-state index in [9.17, 15) is 4.79 Å². The van der Waals surface area contributed by atoms with Crippen LogP contribution in [0.5, 0.6) is 0 Å². The van der Waals surface area contributed by atoms with E-state index in [1.54, 1.807) is 0 Å². The van der Waals surface area contributed by atoms with Gasteiger partial charge >= 0.3 is 5.97 Å². The molecule has 2 atom stereocenters. The first-order valence-corrected chi connectivity index (χ1v) is 7.93. The van der Waals surface area contributed by atoms with Crippen molar-refractivity contribution < 1.29 is 9.53 Å². The van der Waals surface area contributed by atoms with Gasteiger partial charge in [0.05, 0.1) is 5.92 Å². The van der Waals surface area contributed by atoms with Gasteiger partial charge in [0.1, 0.15) is 6.61 Å². The molecule has 1 aromatic rings. The van der Waals surface area contributed by atoms with Crippen molar-refractivity contribution in [3.05, 3.63) is 59.7 Å². The Morgan fingerprint density at radius 2 is 1.86 bits per heavy atom. The minimum atomic E-state index is -0.0724. The van der Waals surface area contributed by atoms with Crippen LogP contribution < -0.4 is 0 Å². The molecule has 2 nitrogen and oxygen atoms in total. The zero-order valence-corrected chi connectivity index (χ0v) is 14.0. The first-order chi connectivity index (χ1) is 10.4. The highest BCUT2D eigenvalue weighted by molar-refractivity contribution is 5.78. The number of carbonyl (C=O) groups excluding carboxylic acids is 1. The molecule has 0 amide bonds. The molecule has 2 rings (SSSR count). The van der Waals surface area contributed by atoms with Crippen LogP contribution in [-0.4, -0.2) is 12.6 Å². The summed E-state index contributed by atoms with van der Waals surface area (Å²) in [7, 11) is 0. The number of esters is 1. The molecule has 0 aromatic heterocycles. The van der Waals surface area contributed by atoms with Crippen LogP contribution >= 0.6 is 0 Å². The average molecular weight is 298 g/mol. The Hall–Kier alpha value is -1.83. The van der Waals surface area contributed by atoms with E-state index in [1.807, 2.05) is 30.4 Å². The van der Waals surface area contributed by atoms with Crippen LogP contribution in [0.3, 0.4) is 0 Å². The van der Waals surface area contributed by atoms with Crippen LogP contribution in [0, 0.1) is 17.3 Å². The third kappa shape index (κ3) is 4.09. The Labute approximate surface area is 133 Å². The fraction of sp³-hybridized carbons (Fsp3) is 0.450. The topological polar surface area (TPSA) is 26.3 Å². The molecule has 0 aliphatic heterocycles. The molecular formula is C20H26O2. The first-order valence-electron chi connectivity index (χ1n) is 7.93.